The first kappa shape index (κ1) is 9.02. The van der Waals surface area contributed by atoms with E-state index >= 15 is 0 Å². The third-order valence-corrected chi connectivity index (χ3v) is 2.66. The van der Waals surface area contributed by atoms with E-state index in [4.69, 9.17) is 0 Å². The number of rotatable bonds is 1. The van der Waals surface area contributed by atoms with E-state index in [2.05, 4.69) is 20.6 Å². The van der Waals surface area contributed by atoms with Gasteiger partial charge in [0.05, 0.1) is 0 Å². The number of carbonyl (C=O) groups excluding carboxylic acids is 1. The third-order valence-electron chi connectivity index (χ3n) is 2.66. The van der Waals surface area contributed by atoms with E-state index in [-0.39, 0.29) is 11.7 Å². The number of carbonyl (C=O) groups is 1. The summed E-state index contributed by atoms with van der Waals surface area (Å²) in [6, 6.07) is 8.00. The summed E-state index contributed by atoms with van der Waals surface area (Å²) in [5.41, 5.74) is 2.36. The molecule has 0 saturated heterocycles. The number of amides is 1. The van der Waals surface area contributed by atoms with Crippen LogP contribution in [0, 0.1) is 0 Å². The Hall–Kier alpha value is -2.24. The molecule has 0 bridgehead atoms. The topological polar surface area (TPSA) is 74.8 Å². The largest absolute Gasteiger partial charge is 0.327 e. The molecule has 1 amide bonds. The number of nitrogens with zero attached hydrogens (tertiary/aromatic N) is 4. The van der Waals surface area contributed by atoms with Crippen LogP contribution in [0.4, 0.5) is 0 Å². The van der Waals surface area contributed by atoms with Crippen molar-refractivity contribution < 1.29 is 4.79 Å². The van der Waals surface area contributed by atoms with Crippen LogP contribution < -0.4 is 0 Å². The number of fused-ring (bicyclic) bond motifs is 1. The van der Waals surface area contributed by atoms with Crippen LogP contribution in [-0.4, -0.2) is 31.4 Å². The van der Waals surface area contributed by atoms with Crippen molar-refractivity contribution >= 4 is 5.91 Å². The summed E-state index contributed by atoms with van der Waals surface area (Å²) in [4.78, 5) is 13.6. The van der Waals surface area contributed by atoms with Gasteiger partial charge in [-0.1, -0.05) is 24.3 Å². The number of hydrogen-bond donors (Lipinski definition) is 1. The number of H-pyrrole nitrogens is 1. The summed E-state index contributed by atoms with van der Waals surface area (Å²) in [5, 5.41) is 13.0. The minimum atomic E-state index is -0.190. The van der Waals surface area contributed by atoms with E-state index in [0.717, 1.165) is 0 Å². The fraction of sp³-hybridized carbons (Fsp3) is 0.200. The maximum atomic E-state index is 11.9. The summed E-state index contributed by atoms with van der Waals surface area (Å²) in [5.74, 6) is -0.0715. The van der Waals surface area contributed by atoms with Crippen LogP contribution in [-0.2, 0) is 13.1 Å². The zero-order valence-corrected chi connectivity index (χ0v) is 8.42. The molecule has 0 atom stereocenters. The van der Waals surface area contributed by atoms with Gasteiger partial charge in [-0.25, -0.2) is 0 Å². The lowest BCUT2D eigenvalue weighted by molar-refractivity contribution is 0.0739. The van der Waals surface area contributed by atoms with E-state index in [9.17, 15) is 4.79 Å². The van der Waals surface area contributed by atoms with Gasteiger partial charge >= 0.3 is 0 Å². The van der Waals surface area contributed by atoms with Crippen molar-refractivity contribution in [3.05, 3.63) is 41.2 Å². The van der Waals surface area contributed by atoms with Gasteiger partial charge in [0.15, 0.2) is 0 Å². The van der Waals surface area contributed by atoms with E-state index in [1.165, 1.54) is 11.1 Å². The summed E-state index contributed by atoms with van der Waals surface area (Å²) < 4.78 is 0. The van der Waals surface area contributed by atoms with Crippen LogP contribution in [0.5, 0.6) is 0 Å². The van der Waals surface area contributed by atoms with Gasteiger partial charge in [0.2, 0.25) is 0 Å². The lowest BCUT2D eigenvalue weighted by atomic mass is 10.1. The van der Waals surface area contributed by atoms with Crippen molar-refractivity contribution in [3.63, 3.8) is 0 Å². The first-order valence-corrected chi connectivity index (χ1v) is 4.94. The maximum Gasteiger partial charge on any atom is 0.296 e. The molecule has 3 rings (SSSR count). The standard InChI is InChI=1S/C10H9N5O/c16-10(9-11-13-14-12-9)15-5-7-3-1-2-4-8(7)6-15/h1-4H,5-6H2,(H,11,12,13,14). The van der Waals surface area contributed by atoms with Crippen LogP contribution in [0.2, 0.25) is 0 Å². The van der Waals surface area contributed by atoms with Gasteiger partial charge < -0.3 is 4.90 Å². The molecule has 0 spiro atoms. The van der Waals surface area contributed by atoms with Crippen molar-refractivity contribution in [2.45, 2.75) is 13.1 Å². The third kappa shape index (κ3) is 1.35. The number of nitrogens with one attached hydrogen (secondary N) is 1. The second-order valence-corrected chi connectivity index (χ2v) is 3.67. The highest BCUT2D eigenvalue weighted by molar-refractivity contribution is 5.90. The number of benzene rings is 1. The molecule has 6 nitrogen and oxygen atoms in total. The molecule has 1 aromatic carbocycles. The molecular formula is C10H9N5O. The number of tetrazole rings is 1. The SMILES string of the molecule is O=C(c1nn[nH]n1)N1Cc2ccccc2C1. The molecule has 2 aromatic rings. The Kier molecular flexibility index (Phi) is 1.92. The van der Waals surface area contributed by atoms with Crippen molar-refractivity contribution in [2.75, 3.05) is 0 Å². The van der Waals surface area contributed by atoms with Crippen molar-refractivity contribution in [1.82, 2.24) is 25.5 Å². The fourth-order valence-electron chi connectivity index (χ4n) is 1.87. The molecule has 0 radical (unpaired) electrons. The monoisotopic (exact) mass is 215 g/mol. The second-order valence-electron chi connectivity index (χ2n) is 3.67. The van der Waals surface area contributed by atoms with E-state index < -0.39 is 0 Å². The number of hydrogen-bond acceptors (Lipinski definition) is 4. The lowest BCUT2D eigenvalue weighted by Gasteiger charge is -2.11. The van der Waals surface area contributed by atoms with E-state index in [1.54, 1.807) is 4.90 Å². The Morgan fingerprint density at radius 2 is 1.94 bits per heavy atom. The molecule has 1 N–H and O–H groups in total. The minimum Gasteiger partial charge on any atom is -0.327 e. The van der Waals surface area contributed by atoms with Crippen LogP contribution in [0.1, 0.15) is 21.7 Å². The predicted molar refractivity (Wildman–Crippen MR) is 54.2 cm³/mol. The van der Waals surface area contributed by atoms with Crippen molar-refractivity contribution in [1.29, 1.82) is 0 Å². The normalized spacial score (nSPS) is 13.9. The Bertz CT molecular complexity index is 497. The molecular weight excluding hydrogens is 206 g/mol. The van der Waals surface area contributed by atoms with Gasteiger partial charge in [-0.2, -0.15) is 5.21 Å². The zero-order valence-electron chi connectivity index (χ0n) is 8.42. The van der Waals surface area contributed by atoms with E-state index in [0.29, 0.717) is 13.1 Å². The maximum absolute atomic E-state index is 11.9. The molecule has 6 heteroatoms. The summed E-state index contributed by atoms with van der Waals surface area (Å²) in [7, 11) is 0. The molecule has 1 aliphatic heterocycles. The first-order chi connectivity index (χ1) is 7.84. The van der Waals surface area contributed by atoms with E-state index in [1.807, 2.05) is 24.3 Å². The Morgan fingerprint density at radius 3 is 2.50 bits per heavy atom. The minimum absolute atomic E-state index is 0.118. The van der Waals surface area contributed by atoms with Crippen LogP contribution in [0.3, 0.4) is 0 Å². The molecule has 1 aromatic heterocycles. The zero-order chi connectivity index (χ0) is 11.0. The highest BCUT2D eigenvalue weighted by atomic mass is 16.2. The summed E-state index contributed by atoms with van der Waals surface area (Å²) >= 11 is 0. The molecule has 0 aliphatic carbocycles. The molecule has 0 fully saturated rings. The van der Waals surface area contributed by atoms with Crippen LogP contribution >= 0.6 is 0 Å². The molecule has 0 saturated carbocycles. The Balaban J connectivity index is 1.84. The van der Waals surface area contributed by atoms with Crippen molar-refractivity contribution in [3.8, 4) is 0 Å². The number of aromatic amines is 1. The van der Waals surface area contributed by atoms with Crippen LogP contribution in [0.25, 0.3) is 0 Å². The highest BCUT2D eigenvalue weighted by Crippen LogP contribution is 2.22. The number of aromatic nitrogens is 4. The van der Waals surface area contributed by atoms with Gasteiger partial charge in [-0.05, 0) is 16.3 Å². The van der Waals surface area contributed by atoms with Gasteiger partial charge in [-0.15, -0.1) is 10.2 Å². The van der Waals surface area contributed by atoms with Gasteiger partial charge in [0.25, 0.3) is 11.7 Å². The van der Waals surface area contributed by atoms with Gasteiger partial charge in [0, 0.05) is 13.1 Å². The smallest absolute Gasteiger partial charge is 0.296 e. The summed E-state index contributed by atoms with van der Waals surface area (Å²) in [6.07, 6.45) is 0. The van der Waals surface area contributed by atoms with Gasteiger partial charge in [0.1, 0.15) is 0 Å². The highest BCUT2D eigenvalue weighted by Gasteiger charge is 2.26. The average molecular weight is 215 g/mol. The average Bonchev–Trinajstić information content (AvgIpc) is 2.97. The van der Waals surface area contributed by atoms with Crippen LogP contribution in [0.15, 0.2) is 24.3 Å². The van der Waals surface area contributed by atoms with Crippen molar-refractivity contribution in [2.24, 2.45) is 0 Å². The Morgan fingerprint density at radius 1 is 1.25 bits per heavy atom. The quantitative estimate of drug-likeness (QED) is 0.745. The second kappa shape index (κ2) is 3.41. The molecule has 1 aliphatic rings. The first-order valence-electron chi connectivity index (χ1n) is 4.94. The molecule has 0 unspecified atom stereocenters. The lowest BCUT2D eigenvalue weighted by Crippen LogP contribution is -2.26. The Labute approximate surface area is 91.3 Å². The molecule has 80 valence electrons. The molecule has 2 heterocycles. The molecule has 16 heavy (non-hydrogen) atoms. The predicted octanol–water partition coefficient (Wildman–Crippen LogP) is 0.356. The summed E-state index contributed by atoms with van der Waals surface area (Å²) in [6.45, 7) is 1.23. The van der Waals surface area contributed by atoms with Gasteiger partial charge in [-0.3, -0.25) is 4.79 Å². The fourth-order valence-corrected chi connectivity index (χ4v) is 1.87.